The van der Waals surface area contributed by atoms with Crippen LogP contribution >= 0.6 is 11.3 Å². The molecule has 10 nitrogen and oxygen atoms in total. The number of carbonyl (C=O) groups is 3. The van der Waals surface area contributed by atoms with Crippen molar-refractivity contribution in [1.29, 1.82) is 0 Å². The fourth-order valence-corrected chi connectivity index (χ4v) is 5.87. The van der Waals surface area contributed by atoms with E-state index in [1.165, 1.54) is 24.2 Å². The van der Waals surface area contributed by atoms with Crippen molar-refractivity contribution < 1.29 is 28.6 Å². The van der Waals surface area contributed by atoms with Gasteiger partial charge in [-0.1, -0.05) is 17.3 Å². The summed E-state index contributed by atoms with van der Waals surface area (Å²) in [5.74, 6) is -0.904. The molecule has 45 heavy (non-hydrogen) atoms. The molecule has 1 aliphatic rings. The number of ketones is 1. The van der Waals surface area contributed by atoms with Gasteiger partial charge in [0.05, 0.1) is 16.9 Å². The molecule has 2 aromatic heterocycles. The minimum atomic E-state index is -2.07. The minimum absolute atomic E-state index is 0.184. The Morgan fingerprint density at radius 1 is 0.933 bits per heavy atom. The van der Waals surface area contributed by atoms with Crippen LogP contribution in [0, 0.1) is 11.3 Å². The van der Waals surface area contributed by atoms with E-state index in [0.717, 1.165) is 20.5 Å². The molecule has 0 spiro atoms. The highest BCUT2D eigenvalue weighted by molar-refractivity contribution is 7.20. The van der Waals surface area contributed by atoms with Gasteiger partial charge in [0.15, 0.2) is 11.2 Å². The number of hydrogen-bond donors (Lipinski definition) is 0. The molecule has 2 aromatic carbocycles. The normalized spacial score (nSPS) is 14.0. The van der Waals surface area contributed by atoms with Gasteiger partial charge in [0, 0.05) is 17.7 Å². The van der Waals surface area contributed by atoms with Crippen LogP contribution in [-0.2, 0) is 25.6 Å². The SMILES string of the molecule is CC(C)(C)OC(=O)C(CCn1nnc2ccccc2c1=O)(CC(=O)c1cc2ccc(OCC3CC3)cc2s1)C(=O)OC(C)(C)C. The monoisotopic (exact) mass is 633 g/mol. The Labute approximate surface area is 265 Å². The maximum atomic E-state index is 14.0. The minimum Gasteiger partial charge on any atom is -0.493 e. The molecule has 0 atom stereocenters. The van der Waals surface area contributed by atoms with Crippen molar-refractivity contribution >= 4 is 50.0 Å². The molecule has 0 radical (unpaired) electrons. The first-order valence-corrected chi connectivity index (χ1v) is 15.9. The van der Waals surface area contributed by atoms with Crippen LogP contribution in [0.1, 0.15) is 76.9 Å². The van der Waals surface area contributed by atoms with E-state index in [4.69, 9.17) is 14.2 Å². The summed E-state index contributed by atoms with van der Waals surface area (Å²) < 4.78 is 19.4. The molecule has 0 saturated heterocycles. The molecule has 4 aromatic rings. The van der Waals surface area contributed by atoms with Crippen molar-refractivity contribution in [3.8, 4) is 5.75 Å². The van der Waals surface area contributed by atoms with E-state index in [2.05, 4.69) is 10.3 Å². The number of Topliss-reactive ketones (excluding diaryl/α,β-unsaturated/α-hetero) is 1. The van der Waals surface area contributed by atoms with Crippen LogP contribution in [0.4, 0.5) is 0 Å². The molecular weight excluding hydrogens is 594 g/mol. The highest BCUT2D eigenvalue weighted by Gasteiger charge is 2.52. The lowest BCUT2D eigenvalue weighted by atomic mass is 9.78. The molecule has 0 aliphatic heterocycles. The molecule has 0 N–H and O–H groups in total. The number of ether oxygens (including phenoxy) is 3. The molecule has 0 bridgehead atoms. The summed E-state index contributed by atoms with van der Waals surface area (Å²) >= 11 is 1.27. The van der Waals surface area contributed by atoms with Gasteiger partial charge >= 0.3 is 11.9 Å². The summed E-state index contributed by atoms with van der Waals surface area (Å²) in [6.45, 7) is 10.6. The molecule has 11 heteroatoms. The number of fused-ring (bicyclic) bond motifs is 2. The predicted molar refractivity (Wildman–Crippen MR) is 172 cm³/mol. The van der Waals surface area contributed by atoms with Gasteiger partial charge in [0.1, 0.15) is 22.5 Å². The maximum Gasteiger partial charge on any atom is 0.324 e. The number of rotatable bonds is 11. The molecule has 238 valence electrons. The van der Waals surface area contributed by atoms with Crippen molar-refractivity contribution in [2.24, 2.45) is 11.3 Å². The van der Waals surface area contributed by atoms with Crippen LogP contribution in [-0.4, -0.2) is 50.5 Å². The van der Waals surface area contributed by atoms with Gasteiger partial charge in [-0.2, -0.15) is 0 Å². The molecule has 1 fully saturated rings. The van der Waals surface area contributed by atoms with Crippen molar-refractivity contribution in [2.75, 3.05) is 6.61 Å². The smallest absolute Gasteiger partial charge is 0.324 e. The van der Waals surface area contributed by atoms with Crippen LogP contribution in [0.25, 0.3) is 21.0 Å². The summed E-state index contributed by atoms with van der Waals surface area (Å²) in [5, 5.41) is 9.35. The fraction of sp³-hybridized carbons (Fsp3) is 0.471. The Balaban J connectivity index is 1.51. The van der Waals surface area contributed by atoms with Gasteiger partial charge in [0.2, 0.25) is 0 Å². The highest BCUT2D eigenvalue weighted by atomic mass is 32.1. The van der Waals surface area contributed by atoms with Crippen LogP contribution < -0.4 is 10.3 Å². The lowest BCUT2D eigenvalue weighted by Gasteiger charge is -2.34. The Morgan fingerprint density at radius 2 is 1.60 bits per heavy atom. The Bertz CT molecular complexity index is 1780. The number of aryl methyl sites for hydroxylation is 1. The standard InChI is InChI=1S/C34H39N3O7S/c1-32(2,3)43-30(40)34(31(41)44-33(4,5)6,15-16-37-29(39)24-9-7-8-10-25(24)35-36-37)19-26(38)28-17-22-13-14-23(18-27(22)45-28)42-20-21-11-12-21/h7-10,13-14,17-18,21H,11-12,15-16,19-20H2,1-6H3. The van der Waals surface area contributed by atoms with Gasteiger partial charge in [-0.3, -0.25) is 19.2 Å². The van der Waals surface area contributed by atoms with E-state index in [0.29, 0.717) is 28.3 Å². The zero-order valence-corrected chi connectivity index (χ0v) is 27.4. The highest BCUT2D eigenvalue weighted by Crippen LogP contribution is 2.38. The fourth-order valence-electron chi connectivity index (χ4n) is 4.84. The third-order valence-corrected chi connectivity index (χ3v) is 8.51. The number of carbonyl (C=O) groups excluding carboxylic acids is 3. The molecular formula is C34H39N3O7S. The van der Waals surface area contributed by atoms with E-state index < -0.39 is 46.3 Å². The molecule has 0 unspecified atom stereocenters. The second kappa shape index (κ2) is 12.3. The number of thiophene rings is 1. The van der Waals surface area contributed by atoms with E-state index in [9.17, 15) is 19.2 Å². The number of aromatic nitrogens is 3. The third kappa shape index (κ3) is 7.76. The zero-order chi connectivity index (χ0) is 32.6. The lowest BCUT2D eigenvalue weighted by molar-refractivity contribution is -0.186. The Kier molecular flexibility index (Phi) is 8.86. The second-order valence-corrected chi connectivity index (χ2v) is 14.7. The Morgan fingerprint density at radius 3 is 2.24 bits per heavy atom. The quantitative estimate of drug-likeness (QED) is 0.109. The summed E-state index contributed by atoms with van der Waals surface area (Å²) in [5.41, 5.74) is -4.02. The van der Waals surface area contributed by atoms with Crippen molar-refractivity contribution in [3.05, 3.63) is 63.8 Å². The van der Waals surface area contributed by atoms with E-state index >= 15 is 0 Å². The Hall–Kier alpha value is -4.12. The van der Waals surface area contributed by atoms with Gasteiger partial charge in [0.25, 0.3) is 5.56 Å². The second-order valence-electron chi connectivity index (χ2n) is 13.6. The summed E-state index contributed by atoms with van der Waals surface area (Å²) in [6, 6.07) is 14.2. The number of nitrogens with zero attached hydrogens (tertiary/aromatic N) is 3. The average molecular weight is 634 g/mol. The first-order valence-electron chi connectivity index (χ1n) is 15.1. The summed E-state index contributed by atoms with van der Waals surface area (Å²) in [6.07, 6.45) is 1.56. The molecule has 2 heterocycles. The van der Waals surface area contributed by atoms with Crippen LogP contribution in [0.15, 0.2) is 53.3 Å². The number of benzene rings is 2. The number of esters is 2. The molecule has 0 amide bonds. The largest absolute Gasteiger partial charge is 0.493 e. The van der Waals surface area contributed by atoms with Crippen LogP contribution in [0.2, 0.25) is 0 Å². The number of hydrogen-bond acceptors (Lipinski definition) is 10. The first-order chi connectivity index (χ1) is 21.1. The van der Waals surface area contributed by atoms with Crippen LogP contribution in [0.3, 0.4) is 0 Å². The van der Waals surface area contributed by atoms with Crippen molar-refractivity contribution in [1.82, 2.24) is 15.0 Å². The van der Waals surface area contributed by atoms with Gasteiger partial charge in [-0.15, -0.1) is 16.4 Å². The third-order valence-electron chi connectivity index (χ3n) is 7.37. The first kappa shape index (κ1) is 32.3. The molecule has 5 rings (SSSR count). The molecule has 1 saturated carbocycles. The van der Waals surface area contributed by atoms with E-state index in [1.54, 1.807) is 71.9 Å². The van der Waals surface area contributed by atoms with Gasteiger partial charge in [-0.05, 0) is 109 Å². The van der Waals surface area contributed by atoms with E-state index in [-0.39, 0.29) is 13.0 Å². The van der Waals surface area contributed by atoms with Gasteiger partial charge in [-0.25, -0.2) is 4.68 Å². The summed E-state index contributed by atoms with van der Waals surface area (Å²) in [7, 11) is 0. The summed E-state index contributed by atoms with van der Waals surface area (Å²) in [4.78, 5) is 55.7. The maximum absolute atomic E-state index is 14.0. The van der Waals surface area contributed by atoms with Gasteiger partial charge < -0.3 is 14.2 Å². The predicted octanol–water partition coefficient (Wildman–Crippen LogP) is 6.13. The van der Waals surface area contributed by atoms with Crippen molar-refractivity contribution in [3.63, 3.8) is 0 Å². The van der Waals surface area contributed by atoms with E-state index in [1.807, 2.05) is 18.2 Å². The van der Waals surface area contributed by atoms with Crippen molar-refractivity contribution in [2.45, 2.75) is 85.0 Å². The lowest BCUT2D eigenvalue weighted by Crippen LogP contribution is -2.49. The topological polar surface area (TPSA) is 127 Å². The zero-order valence-electron chi connectivity index (χ0n) is 26.5. The average Bonchev–Trinajstić information content (AvgIpc) is 3.69. The van der Waals surface area contributed by atoms with Crippen LogP contribution in [0.5, 0.6) is 5.75 Å². The molecule has 1 aliphatic carbocycles.